The molecule has 0 aromatic heterocycles. The number of benzene rings is 1. The molecule has 0 radical (unpaired) electrons. The molecule has 1 aliphatic carbocycles. The van der Waals surface area contributed by atoms with Crippen LogP contribution in [0.4, 0.5) is 0 Å². The van der Waals surface area contributed by atoms with E-state index in [4.69, 9.17) is 4.74 Å². The fourth-order valence-electron chi connectivity index (χ4n) is 3.28. The number of hydrogen-bond acceptors (Lipinski definition) is 2. The van der Waals surface area contributed by atoms with Crippen molar-refractivity contribution in [1.82, 2.24) is 5.32 Å². The van der Waals surface area contributed by atoms with E-state index in [1.807, 2.05) is 6.92 Å². The Labute approximate surface area is 131 Å². The molecule has 2 rings (SSSR count). The number of nitrogens with one attached hydrogen (secondary N) is 1. The van der Waals surface area contributed by atoms with Crippen LogP contribution in [0.15, 0.2) is 22.7 Å². The van der Waals surface area contributed by atoms with Gasteiger partial charge in [0, 0.05) is 6.04 Å². The molecule has 0 aliphatic heterocycles. The Hall–Kier alpha value is -0.540. The molecule has 112 valence electrons. The Morgan fingerprint density at radius 2 is 2.00 bits per heavy atom. The van der Waals surface area contributed by atoms with E-state index in [2.05, 4.69) is 53.4 Å². The maximum Gasteiger partial charge on any atom is 0.133 e. The van der Waals surface area contributed by atoms with Gasteiger partial charge in [-0.2, -0.15) is 0 Å². The Morgan fingerprint density at radius 3 is 2.55 bits per heavy atom. The molecule has 1 aromatic carbocycles. The number of hydrogen-bond donors (Lipinski definition) is 1. The normalized spacial score (nSPS) is 24.4. The van der Waals surface area contributed by atoms with Crippen LogP contribution in [-0.2, 0) is 0 Å². The number of ether oxygens (including phenoxy) is 1. The fraction of sp³-hybridized carbons (Fsp3) is 0.647. The second kappa shape index (κ2) is 7.46. The predicted octanol–water partition coefficient (Wildman–Crippen LogP) is 4.93. The van der Waals surface area contributed by atoms with Crippen LogP contribution in [0.5, 0.6) is 5.75 Å². The van der Waals surface area contributed by atoms with Crippen molar-refractivity contribution in [3.63, 3.8) is 0 Å². The minimum atomic E-state index is 0.453. The first-order valence-electron chi connectivity index (χ1n) is 7.75. The summed E-state index contributed by atoms with van der Waals surface area (Å²) in [5, 5.41) is 3.52. The molecule has 0 saturated heterocycles. The van der Waals surface area contributed by atoms with Crippen molar-refractivity contribution in [3.8, 4) is 5.75 Å². The van der Waals surface area contributed by atoms with E-state index in [0.717, 1.165) is 22.1 Å². The molecule has 2 nitrogen and oxygen atoms in total. The average molecular weight is 340 g/mol. The summed E-state index contributed by atoms with van der Waals surface area (Å²) in [6.07, 6.45) is 5.39. The van der Waals surface area contributed by atoms with E-state index < -0.39 is 0 Å². The quantitative estimate of drug-likeness (QED) is 0.820. The van der Waals surface area contributed by atoms with Crippen LogP contribution in [0, 0.1) is 11.8 Å². The van der Waals surface area contributed by atoms with Gasteiger partial charge in [0.15, 0.2) is 0 Å². The first-order chi connectivity index (χ1) is 9.65. The summed E-state index contributed by atoms with van der Waals surface area (Å²) in [6, 6.07) is 6.95. The van der Waals surface area contributed by atoms with Gasteiger partial charge in [-0.05, 0) is 72.3 Å². The molecule has 0 bridgehead atoms. The lowest BCUT2D eigenvalue weighted by Crippen LogP contribution is -2.28. The van der Waals surface area contributed by atoms with Gasteiger partial charge in [0.05, 0.1) is 11.1 Å². The zero-order valence-electron chi connectivity index (χ0n) is 12.8. The first kappa shape index (κ1) is 15.8. The second-order valence-corrected chi connectivity index (χ2v) is 6.76. The Kier molecular flexibility index (Phi) is 5.91. The van der Waals surface area contributed by atoms with E-state index in [1.165, 1.54) is 31.2 Å². The van der Waals surface area contributed by atoms with Crippen molar-refractivity contribution in [2.45, 2.75) is 45.6 Å². The summed E-state index contributed by atoms with van der Waals surface area (Å²) >= 11 is 3.63. The monoisotopic (exact) mass is 339 g/mol. The average Bonchev–Trinajstić information content (AvgIpc) is 2.45. The molecule has 1 saturated carbocycles. The van der Waals surface area contributed by atoms with E-state index in [9.17, 15) is 0 Å². The molecular formula is C17H26BrNO. The zero-order valence-corrected chi connectivity index (χ0v) is 14.4. The van der Waals surface area contributed by atoms with Gasteiger partial charge >= 0.3 is 0 Å². The first-order valence-corrected chi connectivity index (χ1v) is 8.54. The highest BCUT2D eigenvalue weighted by Gasteiger charge is 2.26. The molecule has 1 aromatic rings. The van der Waals surface area contributed by atoms with E-state index in [-0.39, 0.29) is 0 Å². The van der Waals surface area contributed by atoms with Gasteiger partial charge in [0.25, 0.3) is 0 Å². The summed E-state index contributed by atoms with van der Waals surface area (Å²) in [5.74, 6) is 2.58. The lowest BCUT2D eigenvalue weighted by atomic mass is 9.77. The van der Waals surface area contributed by atoms with Gasteiger partial charge < -0.3 is 10.1 Å². The molecule has 1 atom stereocenters. The molecule has 20 heavy (non-hydrogen) atoms. The molecule has 1 unspecified atom stereocenters. The number of halogens is 1. The molecule has 0 amide bonds. The molecule has 3 heteroatoms. The topological polar surface area (TPSA) is 21.3 Å². The molecule has 1 N–H and O–H groups in total. The Bertz CT molecular complexity index is 427. The van der Waals surface area contributed by atoms with Crippen LogP contribution in [0.1, 0.15) is 51.1 Å². The Balaban J connectivity index is 2.13. The van der Waals surface area contributed by atoms with Crippen LogP contribution in [0.25, 0.3) is 0 Å². The molecule has 1 fully saturated rings. The molecule has 1 aliphatic rings. The van der Waals surface area contributed by atoms with Crippen molar-refractivity contribution in [2.75, 3.05) is 13.7 Å². The van der Waals surface area contributed by atoms with Crippen LogP contribution in [-0.4, -0.2) is 13.7 Å². The highest BCUT2D eigenvalue weighted by molar-refractivity contribution is 9.10. The van der Waals surface area contributed by atoms with Crippen LogP contribution in [0.2, 0.25) is 0 Å². The smallest absolute Gasteiger partial charge is 0.133 e. The third-order valence-electron chi connectivity index (χ3n) is 4.46. The highest BCUT2D eigenvalue weighted by Crippen LogP contribution is 2.38. The summed E-state index contributed by atoms with van der Waals surface area (Å²) in [6.45, 7) is 5.09. The van der Waals surface area contributed by atoms with Gasteiger partial charge in [0.2, 0.25) is 0 Å². The van der Waals surface area contributed by atoms with Crippen LogP contribution in [0.3, 0.4) is 0 Å². The molecule has 0 heterocycles. The van der Waals surface area contributed by atoms with Crippen molar-refractivity contribution in [2.24, 2.45) is 11.8 Å². The SMILES string of the molecule is CCOc1ccc(C(NC)C2CCC(C)CC2)cc1Br. The van der Waals surface area contributed by atoms with Gasteiger partial charge in [0.1, 0.15) is 5.75 Å². The van der Waals surface area contributed by atoms with Gasteiger partial charge in [-0.15, -0.1) is 0 Å². The van der Waals surface area contributed by atoms with Gasteiger partial charge in [-0.25, -0.2) is 0 Å². The van der Waals surface area contributed by atoms with E-state index >= 15 is 0 Å². The minimum absolute atomic E-state index is 0.453. The van der Waals surface area contributed by atoms with Crippen molar-refractivity contribution in [3.05, 3.63) is 28.2 Å². The molecule has 0 spiro atoms. The minimum Gasteiger partial charge on any atom is -0.493 e. The lowest BCUT2D eigenvalue weighted by Gasteiger charge is -2.33. The predicted molar refractivity (Wildman–Crippen MR) is 88.2 cm³/mol. The highest BCUT2D eigenvalue weighted by atomic mass is 79.9. The van der Waals surface area contributed by atoms with Gasteiger partial charge in [-0.1, -0.05) is 25.8 Å². The van der Waals surface area contributed by atoms with Crippen LogP contribution >= 0.6 is 15.9 Å². The fourth-order valence-corrected chi connectivity index (χ4v) is 3.79. The molecular weight excluding hydrogens is 314 g/mol. The third kappa shape index (κ3) is 3.76. The summed E-state index contributed by atoms with van der Waals surface area (Å²) in [7, 11) is 2.08. The van der Waals surface area contributed by atoms with Crippen LogP contribution < -0.4 is 10.1 Å². The van der Waals surface area contributed by atoms with Gasteiger partial charge in [-0.3, -0.25) is 0 Å². The van der Waals surface area contributed by atoms with E-state index in [1.54, 1.807) is 0 Å². The van der Waals surface area contributed by atoms with Crippen molar-refractivity contribution < 1.29 is 4.74 Å². The lowest BCUT2D eigenvalue weighted by molar-refractivity contribution is 0.238. The standard InChI is InChI=1S/C17H26BrNO/c1-4-20-16-10-9-14(11-15(16)18)17(19-3)13-7-5-12(2)6-8-13/h9-13,17,19H,4-8H2,1-3H3. The third-order valence-corrected chi connectivity index (χ3v) is 5.08. The number of rotatable bonds is 5. The van der Waals surface area contributed by atoms with Crippen molar-refractivity contribution >= 4 is 15.9 Å². The van der Waals surface area contributed by atoms with Crippen molar-refractivity contribution in [1.29, 1.82) is 0 Å². The summed E-state index contributed by atoms with van der Waals surface area (Å²) in [5.41, 5.74) is 1.36. The maximum atomic E-state index is 5.60. The second-order valence-electron chi connectivity index (χ2n) is 5.91. The summed E-state index contributed by atoms with van der Waals surface area (Å²) in [4.78, 5) is 0. The Morgan fingerprint density at radius 1 is 1.30 bits per heavy atom. The van der Waals surface area contributed by atoms with E-state index in [0.29, 0.717) is 12.6 Å². The largest absolute Gasteiger partial charge is 0.493 e. The maximum absolute atomic E-state index is 5.60. The summed E-state index contributed by atoms with van der Waals surface area (Å²) < 4.78 is 6.65. The zero-order chi connectivity index (χ0) is 14.5.